The Hall–Kier alpha value is -2.67. The van der Waals surface area contributed by atoms with E-state index in [1.165, 1.54) is 17.7 Å². The van der Waals surface area contributed by atoms with Crippen molar-refractivity contribution in [3.05, 3.63) is 71.5 Å². The van der Waals surface area contributed by atoms with Crippen LogP contribution in [0.2, 0.25) is 0 Å². The van der Waals surface area contributed by atoms with Crippen LogP contribution in [0.5, 0.6) is 0 Å². The van der Waals surface area contributed by atoms with Crippen LogP contribution in [0.4, 0.5) is 13.2 Å². The van der Waals surface area contributed by atoms with Gasteiger partial charge >= 0.3 is 6.18 Å². The summed E-state index contributed by atoms with van der Waals surface area (Å²) in [5, 5.41) is 7.86. The van der Waals surface area contributed by atoms with E-state index in [-0.39, 0.29) is 11.3 Å². The molecule has 4 nitrogen and oxygen atoms in total. The minimum Gasteiger partial charge on any atom is -0.334 e. The highest BCUT2D eigenvalue weighted by Crippen LogP contribution is 2.45. The van der Waals surface area contributed by atoms with Crippen LogP contribution < -0.4 is 5.32 Å². The van der Waals surface area contributed by atoms with Crippen LogP contribution in [0.1, 0.15) is 48.6 Å². The van der Waals surface area contributed by atoms with E-state index in [1.807, 2.05) is 6.07 Å². The van der Waals surface area contributed by atoms with Gasteiger partial charge in [0.2, 0.25) is 0 Å². The first-order valence-corrected chi connectivity index (χ1v) is 10.2. The number of benzene rings is 2. The number of hydrogen-bond donors (Lipinski definition) is 1. The van der Waals surface area contributed by atoms with E-state index in [0.717, 1.165) is 44.4 Å². The van der Waals surface area contributed by atoms with E-state index in [2.05, 4.69) is 39.7 Å². The SMILES string of the molecule is FC(F)(F)c1ccc(-c2nc(C3(CN[C@H]4CC4c4ccccc4)CCC3)no2)cc1. The van der Waals surface area contributed by atoms with Gasteiger partial charge in [-0.25, -0.2) is 0 Å². The summed E-state index contributed by atoms with van der Waals surface area (Å²) in [6.45, 7) is 0.785. The molecule has 2 fully saturated rings. The summed E-state index contributed by atoms with van der Waals surface area (Å²) in [6.07, 6.45) is -0.161. The minimum atomic E-state index is -4.36. The second-order valence-corrected chi connectivity index (χ2v) is 8.37. The monoisotopic (exact) mass is 413 g/mol. The smallest absolute Gasteiger partial charge is 0.334 e. The predicted molar refractivity (Wildman–Crippen MR) is 106 cm³/mol. The van der Waals surface area contributed by atoms with Crippen LogP contribution >= 0.6 is 0 Å². The lowest BCUT2D eigenvalue weighted by atomic mass is 9.68. The lowest BCUT2D eigenvalue weighted by Gasteiger charge is -2.39. The van der Waals surface area contributed by atoms with Gasteiger partial charge in [-0.3, -0.25) is 0 Å². The van der Waals surface area contributed by atoms with Crippen LogP contribution in [-0.4, -0.2) is 22.7 Å². The van der Waals surface area contributed by atoms with E-state index < -0.39 is 11.7 Å². The Morgan fingerprint density at radius 1 is 1.03 bits per heavy atom. The first-order valence-electron chi connectivity index (χ1n) is 10.2. The Kier molecular flexibility index (Phi) is 4.65. The van der Waals surface area contributed by atoms with Crippen molar-refractivity contribution >= 4 is 0 Å². The van der Waals surface area contributed by atoms with Gasteiger partial charge in [-0.1, -0.05) is 41.9 Å². The summed E-state index contributed by atoms with van der Waals surface area (Å²) in [4.78, 5) is 4.54. The molecule has 30 heavy (non-hydrogen) atoms. The van der Waals surface area contributed by atoms with Gasteiger partial charge in [0.1, 0.15) is 0 Å². The third-order valence-electron chi connectivity index (χ3n) is 6.39. The van der Waals surface area contributed by atoms with Crippen molar-refractivity contribution in [2.24, 2.45) is 0 Å². The molecule has 2 aliphatic rings. The van der Waals surface area contributed by atoms with E-state index in [9.17, 15) is 13.2 Å². The molecule has 1 aromatic heterocycles. The molecule has 0 spiro atoms. The molecule has 1 heterocycles. The highest BCUT2D eigenvalue weighted by Gasteiger charge is 2.46. The number of nitrogens with one attached hydrogen (secondary N) is 1. The molecule has 7 heteroatoms. The van der Waals surface area contributed by atoms with Crippen LogP contribution in [-0.2, 0) is 11.6 Å². The molecular formula is C23H22F3N3O. The van der Waals surface area contributed by atoms with E-state index in [1.54, 1.807) is 0 Å². The Morgan fingerprint density at radius 3 is 2.40 bits per heavy atom. The van der Waals surface area contributed by atoms with Crippen molar-refractivity contribution in [3.8, 4) is 11.5 Å². The second kappa shape index (κ2) is 7.23. The van der Waals surface area contributed by atoms with Gasteiger partial charge < -0.3 is 9.84 Å². The number of rotatable bonds is 6. The van der Waals surface area contributed by atoms with Crippen LogP contribution in [0.15, 0.2) is 59.1 Å². The molecule has 0 aliphatic heterocycles. The molecule has 2 aromatic carbocycles. The highest BCUT2D eigenvalue weighted by molar-refractivity contribution is 5.53. The Morgan fingerprint density at radius 2 is 1.77 bits per heavy atom. The number of halogens is 3. The molecule has 0 saturated heterocycles. The van der Waals surface area contributed by atoms with E-state index in [0.29, 0.717) is 23.3 Å². The Balaban J connectivity index is 1.26. The molecule has 1 N–H and O–H groups in total. The lowest BCUT2D eigenvalue weighted by Crippen LogP contribution is -2.45. The van der Waals surface area contributed by atoms with Crippen LogP contribution in [0.25, 0.3) is 11.5 Å². The predicted octanol–water partition coefficient (Wildman–Crippen LogP) is 5.32. The zero-order chi connectivity index (χ0) is 20.8. The largest absolute Gasteiger partial charge is 0.416 e. The minimum absolute atomic E-state index is 0.155. The molecule has 5 rings (SSSR count). The third-order valence-corrected chi connectivity index (χ3v) is 6.39. The first kappa shape index (κ1) is 19.3. The summed E-state index contributed by atoms with van der Waals surface area (Å²) in [6, 6.07) is 15.8. The van der Waals surface area contributed by atoms with Gasteiger partial charge in [-0.2, -0.15) is 18.2 Å². The summed E-state index contributed by atoms with van der Waals surface area (Å²) in [7, 11) is 0. The summed E-state index contributed by atoms with van der Waals surface area (Å²) >= 11 is 0. The molecule has 0 radical (unpaired) electrons. The Bertz CT molecular complexity index is 1010. The molecule has 2 saturated carbocycles. The number of hydrogen-bond acceptors (Lipinski definition) is 4. The van der Waals surface area contributed by atoms with Crippen LogP contribution in [0, 0.1) is 0 Å². The van der Waals surface area contributed by atoms with Gasteiger partial charge in [0.05, 0.1) is 5.56 Å². The standard InChI is InChI=1S/C23H22F3N3O/c24-23(25,26)17-9-7-16(8-10-17)20-28-21(29-30-20)22(11-4-12-22)14-27-19-13-18(19)15-5-2-1-3-6-15/h1-3,5-10,18-19,27H,4,11-14H2/t18?,19-/m0/s1. The maximum absolute atomic E-state index is 12.8. The topological polar surface area (TPSA) is 51.0 Å². The average molecular weight is 413 g/mol. The molecule has 156 valence electrons. The molecule has 1 unspecified atom stereocenters. The van der Waals surface area contributed by atoms with E-state index in [4.69, 9.17) is 4.52 Å². The van der Waals surface area contributed by atoms with Crippen molar-refractivity contribution < 1.29 is 17.7 Å². The number of alkyl halides is 3. The quantitative estimate of drug-likeness (QED) is 0.594. The molecule has 2 aliphatic carbocycles. The van der Waals surface area contributed by atoms with Gasteiger partial charge in [0.25, 0.3) is 5.89 Å². The maximum atomic E-state index is 12.8. The van der Waals surface area contributed by atoms with Gasteiger partial charge in [0.15, 0.2) is 5.82 Å². The van der Waals surface area contributed by atoms with Gasteiger partial charge in [-0.15, -0.1) is 0 Å². The number of nitrogens with zero attached hydrogens (tertiary/aromatic N) is 2. The van der Waals surface area contributed by atoms with Crippen molar-refractivity contribution in [2.45, 2.75) is 49.2 Å². The van der Waals surface area contributed by atoms with Crippen molar-refractivity contribution in [3.63, 3.8) is 0 Å². The summed E-state index contributed by atoms with van der Waals surface area (Å²) in [5.74, 6) is 1.46. The molecule has 2 atom stereocenters. The number of aromatic nitrogens is 2. The van der Waals surface area contributed by atoms with Crippen molar-refractivity contribution in [1.29, 1.82) is 0 Å². The Labute approximate surface area is 172 Å². The highest BCUT2D eigenvalue weighted by atomic mass is 19.4. The fourth-order valence-electron chi connectivity index (χ4n) is 4.26. The van der Waals surface area contributed by atoms with Gasteiger partial charge in [-0.05, 0) is 49.1 Å². The first-order chi connectivity index (χ1) is 14.4. The van der Waals surface area contributed by atoms with Crippen molar-refractivity contribution in [1.82, 2.24) is 15.5 Å². The molecular weight excluding hydrogens is 391 g/mol. The molecule has 0 amide bonds. The average Bonchev–Trinajstić information content (AvgIpc) is 3.33. The maximum Gasteiger partial charge on any atom is 0.416 e. The van der Waals surface area contributed by atoms with Gasteiger partial charge in [0, 0.05) is 29.5 Å². The summed E-state index contributed by atoms with van der Waals surface area (Å²) in [5.41, 5.74) is 1.01. The second-order valence-electron chi connectivity index (χ2n) is 8.37. The normalized spacial score (nSPS) is 22.5. The van der Waals surface area contributed by atoms with Crippen LogP contribution in [0.3, 0.4) is 0 Å². The molecule has 3 aromatic rings. The van der Waals surface area contributed by atoms with E-state index >= 15 is 0 Å². The zero-order valence-corrected chi connectivity index (χ0v) is 16.3. The molecule has 0 bridgehead atoms. The fourth-order valence-corrected chi connectivity index (χ4v) is 4.26. The lowest BCUT2D eigenvalue weighted by molar-refractivity contribution is -0.137. The fraction of sp³-hybridized carbons (Fsp3) is 0.391. The zero-order valence-electron chi connectivity index (χ0n) is 16.3. The van der Waals surface area contributed by atoms with Crippen molar-refractivity contribution in [2.75, 3.05) is 6.54 Å². The summed E-state index contributed by atoms with van der Waals surface area (Å²) < 4.78 is 43.7. The third kappa shape index (κ3) is 3.62.